The van der Waals surface area contributed by atoms with Crippen LogP contribution in [0.4, 0.5) is 0 Å². The standard InChI is InChI=1S/C15H15NO5/c1-9-14(10(2)21-16-9)15(18)20-8-12(17)11-6-4-5-7-13(11)19-3/h4-7H,8H2,1-3H3. The third-order valence-corrected chi connectivity index (χ3v) is 2.98. The molecule has 1 aromatic carbocycles. The molecule has 0 bridgehead atoms. The van der Waals surface area contributed by atoms with E-state index >= 15 is 0 Å². The van der Waals surface area contributed by atoms with Gasteiger partial charge in [-0.15, -0.1) is 0 Å². The molecule has 0 radical (unpaired) electrons. The molecule has 110 valence electrons. The predicted molar refractivity (Wildman–Crippen MR) is 73.6 cm³/mol. The molecule has 1 aromatic heterocycles. The Morgan fingerprint density at radius 1 is 1.24 bits per heavy atom. The molecular weight excluding hydrogens is 274 g/mol. The predicted octanol–water partition coefficient (Wildman–Crippen LogP) is 2.34. The Hall–Kier alpha value is -2.63. The molecular formula is C15H15NO5. The number of para-hydroxylation sites is 1. The van der Waals surface area contributed by atoms with Crippen LogP contribution in [0.25, 0.3) is 0 Å². The summed E-state index contributed by atoms with van der Waals surface area (Å²) in [4.78, 5) is 24.0. The zero-order chi connectivity index (χ0) is 15.4. The van der Waals surface area contributed by atoms with Gasteiger partial charge in [0, 0.05) is 0 Å². The number of Topliss-reactive ketones (excluding diaryl/α,β-unsaturated/α-hetero) is 1. The lowest BCUT2D eigenvalue weighted by Gasteiger charge is -2.07. The monoisotopic (exact) mass is 289 g/mol. The number of esters is 1. The van der Waals surface area contributed by atoms with E-state index in [1.807, 2.05) is 0 Å². The Balaban J connectivity index is 2.06. The lowest BCUT2D eigenvalue weighted by molar-refractivity contribution is 0.0471. The number of methoxy groups -OCH3 is 1. The van der Waals surface area contributed by atoms with E-state index in [1.165, 1.54) is 7.11 Å². The number of hydrogen-bond acceptors (Lipinski definition) is 6. The number of aryl methyl sites for hydroxylation is 2. The van der Waals surface area contributed by atoms with E-state index in [9.17, 15) is 9.59 Å². The molecule has 6 nitrogen and oxygen atoms in total. The fourth-order valence-corrected chi connectivity index (χ4v) is 1.93. The number of ketones is 1. The van der Waals surface area contributed by atoms with Crippen LogP contribution in [-0.2, 0) is 4.74 Å². The minimum absolute atomic E-state index is 0.253. The molecule has 0 saturated carbocycles. The van der Waals surface area contributed by atoms with Crippen LogP contribution < -0.4 is 4.74 Å². The molecule has 0 aliphatic carbocycles. The summed E-state index contributed by atoms with van der Waals surface area (Å²) in [6, 6.07) is 6.76. The smallest absolute Gasteiger partial charge is 0.344 e. The van der Waals surface area contributed by atoms with Crippen molar-refractivity contribution in [3.63, 3.8) is 0 Å². The van der Waals surface area contributed by atoms with Gasteiger partial charge in [-0.05, 0) is 26.0 Å². The Labute approximate surface area is 121 Å². The van der Waals surface area contributed by atoms with Gasteiger partial charge in [-0.2, -0.15) is 0 Å². The van der Waals surface area contributed by atoms with Crippen molar-refractivity contribution in [3.05, 3.63) is 46.8 Å². The number of nitrogens with zero attached hydrogens (tertiary/aromatic N) is 1. The van der Waals surface area contributed by atoms with Crippen LogP contribution in [0.1, 0.15) is 32.2 Å². The minimum Gasteiger partial charge on any atom is -0.496 e. The van der Waals surface area contributed by atoms with Gasteiger partial charge in [0.25, 0.3) is 0 Å². The van der Waals surface area contributed by atoms with Crippen LogP contribution in [0.3, 0.4) is 0 Å². The first-order chi connectivity index (χ1) is 10.0. The second kappa shape index (κ2) is 6.21. The van der Waals surface area contributed by atoms with E-state index in [-0.39, 0.29) is 18.0 Å². The highest BCUT2D eigenvalue weighted by Crippen LogP contribution is 2.18. The SMILES string of the molecule is COc1ccccc1C(=O)COC(=O)c1c(C)noc1C. The average Bonchev–Trinajstić information content (AvgIpc) is 2.83. The van der Waals surface area contributed by atoms with Crippen LogP contribution in [0.2, 0.25) is 0 Å². The molecule has 21 heavy (non-hydrogen) atoms. The third-order valence-electron chi connectivity index (χ3n) is 2.98. The van der Waals surface area contributed by atoms with E-state index in [0.29, 0.717) is 22.8 Å². The summed E-state index contributed by atoms with van der Waals surface area (Å²) < 4.78 is 15.0. The molecule has 0 saturated heterocycles. The minimum atomic E-state index is -0.630. The summed E-state index contributed by atoms with van der Waals surface area (Å²) in [6.07, 6.45) is 0. The Bertz CT molecular complexity index is 655. The normalized spacial score (nSPS) is 10.2. The van der Waals surface area contributed by atoms with Crippen molar-refractivity contribution in [2.24, 2.45) is 0 Å². The molecule has 0 spiro atoms. The zero-order valence-electron chi connectivity index (χ0n) is 12.0. The third kappa shape index (κ3) is 3.10. The van der Waals surface area contributed by atoms with Gasteiger partial charge in [-0.3, -0.25) is 4.79 Å². The van der Waals surface area contributed by atoms with Crippen molar-refractivity contribution in [1.82, 2.24) is 5.16 Å². The number of carbonyl (C=O) groups is 2. The Kier molecular flexibility index (Phi) is 4.37. The van der Waals surface area contributed by atoms with Crippen LogP contribution >= 0.6 is 0 Å². The number of rotatable bonds is 5. The molecule has 2 aromatic rings. The molecule has 0 fully saturated rings. The van der Waals surface area contributed by atoms with E-state index in [0.717, 1.165) is 0 Å². The highest BCUT2D eigenvalue weighted by atomic mass is 16.5. The molecule has 0 atom stereocenters. The second-order valence-electron chi connectivity index (χ2n) is 4.40. The molecule has 2 rings (SSSR count). The second-order valence-corrected chi connectivity index (χ2v) is 4.40. The number of aromatic nitrogens is 1. The Morgan fingerprint density at radius 2 is 1.95 bits per heavy atom. The highest BCUT2D eigenvalue weighted by molar-refractivity contribution is 6.01. The van der Waals surface area contributed by atoms with Crippen molar-refractivity contribution < 1.29 is 23.6 Å². The summed E-state index contributed by atoms with van der Waals surface area (Å²) in [5, 5.41) is 3.67. The molecule has 0 aliphatic rings. The van der Waals surface area contributed by atoms with Gasteiger partial charge in [-0.25, -0.2) is 4.79 Å². The molecule has 0 N–H and O–H groups in total. The van der Waals surface area contributed by atoms with Gasteiger partial charge in [0.2, 0.25) is 5.78 Å². The zero-order valence-corrected chi connectivity index (χ0v) is 12.0. The number of ether oxygens (including phenoxy) is 2. The number of carbonyl (C=O) groups excluding carboxylic acids is 2. The molecule has 0 aliphatic heterocycles. The topological polar surface area (TPSA) is 78.6 Å². The van der Waals surface area contributed by atoms with Crippen LogP contribution in [0.15, 0.2) is 28.8 Å². The van der Waals surface area contributed by atoms with E-state index in [2.05, 4.69) is 5.16 Å². The first kappa shape index (κ1) is 14.8. The number of benzene rings is 1. The summed E-state index contributed by atoms with van der Waals surface area (Å²) in [6.45, 7) is 2.87. The summed E-state index contributed by atoms with van der Waals surface area (Å²) in [5.41, 5.74) is 1.05. The van der Waals surface area contributed by atoms with E-state index in [4.69, 9.17) is 14.0 Å². The van der Waals surface area contributed by atoms with E-state index < -0.39 is 5.97 Å². The maximum Gasteiger partial charge on any atom is 0.344 e. The van der Waals surface area contributed by atoms with Crippen molar-refractivity contribution in [3.8, 4) is 5.75 Å². The fraction of sp³-hybridized carbons (Fsp3) is 0.267. The first-order valence-corrected chi connectivity index (χ1v) is 6.30. The summed E-state index contributed by atoms with van der Waals surface area (Å²) in [7, 11) is 1.47. The van der Waals surface area contributed by atoms with Crippen LogP contribution in [0.5, 0.6) is 5.75 Å². The average molecular weight is 289 g/mol. The van der Waals surface area contributed by atoms with Crippen molar-refractivity contribution in [2.75, 3.05) is 13.7 Å². The van der Waals surface area contributed by atoms with Crippen LogP contribution in [-0.4, -0.2) is 30.6 Å². The van der Waals surface area contributed by atoms with Gasteiger partial charge in [-0.1, -0.05) is 17.3 Å². The van der Waals surface area contributed by atoms with Gasteiger partial charge in [0.05, 0.1) is 18.4 Å². The van der Waals surface area contributed by atoms with E-state index in [1.54, 1.807) is 38.1 Å². The lowest BCUT2D eigenvalue weighted by Crippen LogP contribution is -2.15. The van der Waals surface area contributed by atoms with Gasteiger partial charge in [0.1, 0.15) is 17.1 Å². The molecule has 1 heterocycles. The van der Waals surface area contributed by atoms with Crippen LogP contribution in [0, 0.1) is 13.8 Å². The van der Waals surface area contributed by atoms with Gasteiger partial charge >= 0.3 is 5.97 Å². The Morgan fingerprint density at radius 3 is 2.57 bits per heavy atom. The fourth-order valence-electron chi connectivity index (χ4n) is 1.93. The quantitative estimate of drug-likeness (QED) is 0.621. The lowest BCUT2D eigenvalue weighted by atomic mass is 10.1. The molecule has 6 heteroatoms. The van der Waals surface area contributed by atoms with Gasteiger partial charge in [0.15, 0.2) is 6.61 Å². The maximum absolute atomic E-state index is 12.1. The number of hydrogen-bond donors (Lipinski definition) is 0. The highest BCUT2D eigenvalue weighted by Gasteiger charge is 2.21. The summed E-state index contributed by atoms with van der Waals surface area (Å²) in [5.74, 6) is -0.166. The van der Waals surface area contributed by atoms with Crippen molar-refractivity contribution >= 4 is 11.8 Å². The molecule has 0 unspecified atom stereocenters. The van der Waals surface area contributed by atoms with Crippen molar-refractivity contribution in [2.45, 2.75) is 13.8 Å². The largest absolute Gasteiger partial charge is 0.496 e. The maximum atomic E-state index is 12.1. The molecule has 0 amide bonds. The van der Waals surface area contributed by atoms with Crippen molar-refractivity contribution in [1.29, 1.82) is 0 Å². The van der Waals surface area contributed by atoms with Gasteiger partial charge < -0.3 is 14.0 Å². The first-order valence-electron chi connectivity index (χ1n) is 6.30. The summed E-state index contributed by atoms with van der Waals surface area (Å²) >= 11 is 0.